The molecule has 2 aliphatic heterocycles. The first-order valence-electron chi connectivity index (χ1n) is 7.14. The van der Waals surface area contributed by atoms with Crippen LogP contribution in [0.1, 0.15) is 11.8 Å². The van der Waals surface area contributed by atoms with Crippen molar-refractivity contribution >= 4 is 16.5 Å². The highest BCUT2D eigenvalue weighted by molar-refractivity contribution is 5.97. The molecular weight excluding hydrogens is 258 g/mol. The summed E-state index contributed by atoms with van der Waals surface area (Å²) in [6.45, 7) is 0. The molecular formula is C19H13NO. The Morgan fingerprint density at radius 2 is 1.57 bits per heavy atom. The number of ether oxygens (including phenoxy) is 1. The van der Waals surface area contributed by atoms with E-state index in [1.54, 1.807) is 6.26 Å². The van der Waals surface area contributed by atoms with Gasteiger partial charge in [-0.15, -0.1) is 0 Å². The van der Waals surface area contributed by atoms with Crippen molar-refractivity contribution in [3.63, 3.8) is 0 Å². The first-order chi connectivity index (χ1) is 10.4. The van der Waals surface area contributed by atoms with Crippen LogP contribution in [-0.4, -0.2) is 0 Å². The van der Waals surface area contributed by atoms with Crippen molar-refractivity contribution in [2.45, 2.75) is 6.23 Å². The van der Waals surface area contributed by atoms with Crippen LogP contribution in [0.15, 0.2) is 73.1 Å². The summed E-state index contributed by atoms with van der Waals surface area (Å²) < 4.78 is 5.80. The Balaban J connectivity index is 1.89. The number of hydrogen-bond acceptors (Lipinski definition) is 2. The van der Waals surface area contributed by atoms with E-state index in [2.05, 4.69) is 65.6 Å². The summed E-state index contributed by atoms with van der Waals surface area (Å²) >= 11 is 0. The summed E-state index contributed by atoms with van der Waals surface area (Å²) in [6.07, 6.45) is 3.77. The second-order valence-electron chi connectivity index (χ2n) is 5.48. The Morgan fingerprint density at radius 1 is 0.810 bits per heavy atom. The van der Waals surface area contributed by atoms with E-state index in [0.717, 1.165) is 0 Å². The molecule has 0 aromatic heterocycles. The minimum atomic E-state index is -0.0325. The van der Waals surface area contributed by atoms with E-state index < -0.39 is 0 Å². The molecule has 0 spiro atoms. The molecule has 2 heteroatoms. The topological polar surface area (TPSA) is 12.5 Å². The van der Waals surface area contributed by atoms with Crippen LogP contribution in [0.3, 0.4) is 0 Å². The normalized spacial score (nSPS) is 18.1. The first-order valence-corrected chi connectivity index (χ1v) is 7.14. The molecule has 0 saturated heterocycles. The average molecular weight is 271 g/mol. The van der Waals surface area contributed by atoms with E-state index in [-0.39, 0.29) is 6.23 Å². The number of rotatable bonds is 0. The third-order valence-electron chi connectivity index (χ3n) is 4.34. The second-order valence-corrected chi connectivity index (χ2v) is 5.48. The van der Waals surface area contributed by atoms with Crippen LogP contribution in [0.25, 0.3) is 21.9 Å². The number of benzene rings is 3. The summed E-state index contributed by atoms with van der Waals surface area (Å²) in [5.74, 6) is 0. The molecule has 0 fully saturated rings. The minimum Gasteiger partial charge on any atom is -0.472 e. The predicted octanol–water partition coefficient (Wildman–Crippen LogP) is 4.83. The zero-order chi connectivity index (χ0) is 13.8. The van der Waals surface area contributed by atoms with Gasteiger partial charge < -0.3 is 9.64 Å². The Kier molecular flexibility index (Phi) is 2.03. The highest BCUT2D eigenvalue weighted by Gasteiger charge is 2.33. The maximum atomic E-state index is 5.80. The van der Waals surface area contributed by atoms with E-state index >= 15 is 0 Å². The Hall–Kier alpha value is -2.74. The van der Waals surface area contributed by atoms with Crippen LogP contribution in [-0.2, 0) is 4.74 Å². The van der Waals surface area contributed by atoms with Crippen LogP contribution in [0.2, 0.25) is 0 Å². The highest BCUT2D eigenvalue weighted by atomic mass is 16.5. The van der Waals surface area contributed by atoms with Gasteiger partial charge in [-0.1, -0.05) is 48.5 Å². The lowest BCUT2D eigenvalue weighted by Crippen LogP contribution is -2.24. The standard InChI is InChI=1S/C19H13NO/c1-2-6-14-12-18-17(11-13(14)5-1)15-7-3-4-8-16(15)19-20(18)9-10-21-19/h1-12,19H. The van der Waals surface area contributed by atoms with Crippen molar-refractivity contribution < 1.29 is 4.74 Å². The molecule has 5 rings (SSSR count). The molecule has 0 radical (unpaired) electrons. The number of fused-ring (bicyclic) bond motifs is 7. The van der Waals surface area contributed by atoms with E-state index in [9.17, 15) is 0 Å². The van der Waals surface area contributed by atoms with Crippen molar-refractivity contribution in [2.75, 3.05) is 4.90 Å². The quantitative estimate of drug-likeness (QED) is 0.581. The van der Waals surface area contributed by atoms with Crippen LogP contribution in [0.4, 0.5) is 5.69 Å². The van der Waals surface area contributed by atoms with Gasteiger partial charge in [0.2, 0.25) is 6.23 Å². The SMILES string of the molecule is C1=CN2c3cc4ccccc4cc3-c3ccccc3C2O1. The molecule has 1 unspecified atom stereocenters. The molecule has 1 atom stereocenters. The number of hydrogen-bond donors (Lipinski definition) is 0. The molecule has 0 N–H and O–H groups in total. The molecule has 3 aromatic rings. The zero-order valence-electron chi connectivity index (χ0n) is 11.4. The van der Waals surface area contributed by atoms with Gasteiger partial charge >= 0.3 is 0 Å². The van der Waals surface area contributed by atoms with Crippen LogP contribution in [0.5, 0.6) is 0 Å². The van der Waals surface area contributed by atoms with E-state index in [4.69, 9.17) is 4.74 Å². The first kappa shape index (κ1) is 11.0. The van der Waals surface area contributed by atoms with Gasteiger partial charge in [-0.05, 0) is 28.5 Å². The van der Waals surface area contributed by atoms with Gasteiger partial charge in [0, 0.05) is 17.3 Å². The van der Waals surface area contributed by atoms with Gasteiger partial charge in [-0.2, -0.15) is 0 Å². The summed E-state index contributed by atoms with van der Waals surface area (Å²) in [7, 11) is 0. The van der Waals surface area contributed by atoms with Crippen LogP contribution in [0, 0.1) is 0 Å². The molecule has 2 heterocycles. The Labute approximate surface area is 122 Å². The summed E-state index contributed by atoms with van der Waals surface area (Å²) in [5.41, 5.74) is 4.98. The third kappa shape index (κ3) is 1.42. The second kappa shape index (κ2) is 3.89. The fourth-order valence-electron chi connectivity index (χ4n) is 3.36. The van der Waals surface area contributed by atoms with Gasteiger partial charge in [0.25, 0.3) is 0 Å². The molecule has 0 aliphatic carbocycles. The fourth-order valence-corrected chi connectivity index (χ4v) is 3.36. The van der Waals surface area contributed by atoms with Gasteiger partial charge in [0.1, 0.15) is 6.26 Å². The molecule has 100 valence electrons. The smallest absolute Gasteiger partial charge is 0.202 e. The monoisotopic (exact) mass is 271 g/mol. The molecule has 0 bridgehead atoms. The van der Waals surface area contributed by atoms with Crippen molar-refractivity contribution in [2.24, 2.45) is 0 Å². The van der Waals surface area contributed by atoms with Crippen LogP contribution >= 0.6 is 0 Å². The Morgan fingerprint density at radius 3 is 2.48 bits per heavy atom. The molecule has 2 nitrogen and oxygen atoms in total. The van der Waals surface area contributed by atoms with Gasteiger partial charge in [0.15, 0.2) is 0 Å². The zero-order valence-corrected chi connectivity index (χ0v) is 11.4. The number of anilines is 1. The molecule has 3 aromatic carbocycles. The summed E-state index contributed by atoms with van der Waals surface area (Å²) in [6, 6.07) is 21.5. The van der Waals surface area contributed by atoms with Gasteiger partial charge in [0.05, 0.1) is 5.69 Å². The third-order valence-corrected chi connectivity index (χ3v) is 4.34. The molecule has 21 heavy (non-hydrogen) atoms. The molecule has 0 amide bonds. The highest BCUT2D eigenvalue weighted by Crippen LogP contribution is 2.48. The fraction of sp³-hybridized carbons (Fsp3) is 0.0526. The van der Waals surface area contributed by atoms with E-state index in [0.29, 0.717) is 0 Å². The minimum absolute atomic E-state index is 0.0325. The summed E-state index contributed by atoms with van der Waals surface area (Å²) in [5, 5.41) is 2.53. The lowest BCUT2D eigenvalue weighted by Gasteiger charge is -2.33. The van der Waals surface area contributed by atoms with Crippen molar-refractivity contribution in [3.05, 3.63) is 78.7 Å². The molecule has 0 saturated carbocycles. The van der Waals surface area contributed by atoms with Crippen LogP contribution < -0.4 is 4.90 Å². The lowest BCUT2D eigenvalue weighted by molar-refractivity contribution is 0.174. The van der Waals surface area contributed by atoms with Crippen molar-refractivity contribution in [3.8, 4) is 11.1 Å². The van der Waals surface area contributed by atoms with Gasteiger partial charge in [-0.3, -0.25) is 0 Å². The predicted molar refractivity (Wildman–Crippen MR) is 84.8 cm³/mol. The molecule has 2 aliphatic rings. The number of nitrogens with zero attached hydrogens (tertiary/aromatic N) is 1. The van der Waals surface area contributed by atoms with E-state index in [1.807, 2.05) is 6.20 Å². The Bertz CT molecular complexity index is 897. The maximum absolute atomic E-state index is 5.80. The average Bonchev–Trinajstić information content (AvgIpc) is 3.03. The van der Waals surface area contributed by atoms with Gasteiger partial charge in [-0.25, -0.2) is 0 Å². The van der Waals surface area contributed by atoms with Crippen molar-refractivity contribution in [1.82, 2.24) is 0 Å². The lowest BCUT2D eigenvalue weighted by atomic mass is 9.90. The van der Waals surface area contributed by atoms with E-state index in [1.165, 1.54) is 33.2 Å². The maximum Gasteiger partial charge on any atom is 0.202 e. The summed E-state index contributed by atoms with van der Waals surface area (Å²) in [4.78, 5) is 2.21. The van der Waals surface area contributed by atoms with Crippen molar-refractivity contribution in [1.29, 1.82) is 0 Å². The largest absolute Gasteiger partial charge is 0.472 e.